The summed E-state index contributed by atoms with van der Waals surface area (Å²) in [6, 6.07) is 6.98. The van der Waals surface area contributed by atoms with Crippen LogP contribution in [0.25, 0.3) is 5.82 Å². The molecule has 2 aromatic heterocycles. The number of aryl methyl sites for hydroxylation is 1. The number of halogens is 2. The number of piperidine rings is 1. The van der Waals surface area contributed by atoms with E-state index in [4.69, 9.17) is 23.2 Å². The lowest BCUT2D eigenvalue weighted by Gasteiger charge is -2.32. The molecule has 1 fully saturated rings. The zero-order chi connectivity index (χ0) is 20.4. The van der Waals surface area contributed by atoms with Crippen molar-refractivity contribution in [1.29, 1.82) is 0 Å². The summed E-state index contributed by atoms with van der Waals surface area (Å²) in [6.07, 6.45) is 6.66. The van der Waals surface area contributed by atoms with Gasteiger partial charge in [-0.25, -0.2) is 15.0 Å². The van der Waals surface area contributed by atoms with Gasteiger partial charge in [0.15, 0.2) is 0 Å². The first kappa shape index (κ1) is 19.7. The first-order valence-corrected chi connectivity index (χ1v) is 10.1. The number of hydrogen-bond acceptors (Lipinski definition) is 5. The molecule has 3 heterocycles. The Labute approximate surface area is 178 Å². The standard InChI is InChI=1S/C20H20Cl2N6O/c1-13-23-4-7-28(13)19-11-18(24-12-25-19)27-5-2-14(3-6-27)20(29)26-17-9-15(21)8-16(22)10-17/h4,7-12,14H,2-3,5-6H2,1H3,(H,26,29). The molecule has 3 aromatic rings. The van der Waals surface area contributed by atoms with Gasteiger partial charge in [-0.3, -0.25) is 9.36 Å². The van der Waals surface area contributed by atoms with Crippen LogP contribution in [0.4, 0.5) is 11.5 Å². The lowest BCUT2D eigenvalue weighted by atomic mass is 9.96. The maximum absolute atomic E-state index is 12.6. The number of amides is 1. The zero-order valence-corrected chi connectivity index (χ0v) is 17.4. The lowest BCUT2D eigenvalue weighted by Crippen LogP contribution is -2.38. The Hall–Kier alpha value is -2.64. The zero-order valence-electron chi connectivity index (χ0n) is 15.8. The summed E-state index contributed by atoms with van der Waals surface area (Å²) in [4.78, 5) is 27.8. The van der Waals surface area contributed by atoms with Crippen LogP contribution in [-0.2, 0) is 4.79 Å². The van der Waals surface area contributed by atoms with Crippen molar-refractivity contribution in [1.82, 2.24) is 19.5 Å². The van der Waals surface area contributed by atoms with Gasteiger partial charge in [-0.05, 0) is 38.0 Å². The van der Waals surface area contributed by atoms with Crippen molar-refractivity contribution in [2.45, 2.75) is 19.8 Å². The highest BCUT2D eigenvalue weighted by molar-refractivity contribution is 6.35. The van der Waals surface area contributed by atoms with E-state index in [1.807, 2.05) is 23.8 Å². The van der Waals surface area contributed by atoms with Crippen LogP contribution in [0.3, 0.4) is 0 Å². The Morgan fingerprint density at radius 1 is 1.03 bits per heavy atom. The molecule has 1 amide bonds. The topological polar surface area (TPSA) is 75.9 Å². The molecular formula is C20H20Cl2N6O. The molecular weight excluding hydrogens is 411 g/mol. The average molecular weight is 431 g/mol. The van der Waals surface area contributed by atoms with E-state index in [2.05, 4.69) is 25.2 Å². The molecule has 150 valence electrons. The molecule has 7 nitrogen and oxygen atoms in total. The highest BCUT2D eigenvalue weighted by atomic mass is 35.5. The van der Waals surface area contributed by atoms with Gasteiger partial charge in [-0.1, -0.05) is 23.2 Å². The van der Waals surface area contributed by atoms with Crippen molar-refractivity contribution in [2.24, 2.45) is 5.92 Å². The highest BCUT2D eigenvalue weighted by Crippen LogP contribution is 2.26. The molecule has 0 aliphatic carbocycles. The number of carbonyl (C=O) groups excluding carboxylic acids is 1. The van der Waals surface area contributed by atoms with Crippen LogP contribution in [0, 0.1) is 12.8 Å². The molecule has 0 spiro atoms. The van der Waals surface area contributed by atoms with Crippen LogP contribution in [0.15, 0.2) is 43.0 Å². The number of hydrogen-bond donors (Lipinski definition) is 1. The Balaban J connectivity index is 1.39. The largest absolute Gasteiger partial charge is 0.356 e. The van der Waals surface area contributed by atoms with E-state index in [9.17, 15) is 4.79 Å². The smallest absolute Gasteiger partial charge is 0.227 e. The molecule has 1 aliphatic rings. The summed E-state index contributed by atoms with van der Waals surface area (Å²) in [5.74, 6) is 2.42. The molecule has 1 saturated heterocycles. The number of benzene rings is 1. The fraction of sp³-hybridized carbons (Fsp3) is 0.300. The van der Waals surface area contributed by atoms with Gasteiger partial charge in [0.25, 0.3) is 0 Å². The first-order valence-electron chi connectivity index (χ1n) is 9.34. The van der Waals surface area contributed by atoms with Crippen LogP contribution in [0.1, 0.15) is 18.7 Å². The quantitative estimate of drug-likeness (QED) is 0.672. The molecule has 0 unspecified atom stereocenters. The molecule has 4 rings (SSSR count). The second-order valence-corrected chi connectivity index (χ2v) is 7.86. The van der Waals surface area contributed by atoms with Gasteiger partial charge in [-0.15, -0.1) is 0 Å². The van der Waals surface area contributed by atoms with Gasteiger partial charge in [0.1, 0.15) is 23.8 Å². The fourth-order valence-corrected chi connectivity index (χ4v) is 4.03. The van der Waals surface area contributed by atoms with Gasteiger partial charge < -0.3 is 10.2 Å². The maximum Gasteiger partial charge on any atom is 0.227 e. The minimum Gasteiger partial charge on any atom is -0.356 e. The third-order valence-corrected chi connectivity index (χ3v) is 5.47. The van der Waals surface area contributed by atoms with E-state index >= 15 is 0 Å². The number of anilines is 2. The maximum atomic E-state index is 12.6. The SMILES string of the molecule is Cc1nccn1-c1cc(N2CCC(C(=O)Nc3cc(Cl)cc(Cl)c3)CC2)ncn1. The number of nitrogens with zero attached hydrogens (tertiary/aromatic N) is 5. The third kappa shape index (κ3) is 4.52. The van der Waals surface area contributed by atoms with Crippen LogP contribution >= 0.6 is 23.2 Å². The number of imidazole rings is 1. The minimum absolute atomic E-state index is 0.0135. The monoisotopic (exact) mass is 430 g/mol. The second kappa shape index (κ2) is 8.39. The number of nitrogens with one attached hydrogen (secondary N) is 1. The van der Waals surface area contributed by atoms with E-state index in [0.29, 0.717) is 15.7 Å². The van der Waals surface area contributed by atoms with Gasteiger partial charge in [-0.2, -0.15) is 0 Å². The number of rotatable bonds is 4. The average Bonchev–Trinajstić information content (AvgIpc) is 3.13. The van der Waals surface area contributed by atoms with Crippen molar-refractivity contribution in [3.63, 3.8) is 0 Å². The van der Waals surface area contributed by atoms with E-state index in [0.717, 1.165) is 43.4 Å². The molecule has 0 saturated carbocycles. The van der Waals surface area contributed by atoms with Crippen molar-refractivity contribution in [2.75, 3.05) is 23.3 Å². The van der Waals surface area contributed by atoms with E-state index in [-0.39, 0.29) is 11.8 Å². The molecule has 1 aliphatic heterocycles. The molecule has 9 heteroatoms. The van der Waals surface area contributed by atoms with Crippen molar-refractivity contribution < 1.29 is 4.79 Å². The summed E-state index contributed by atoms with van der Waals surface area (Å²) in [6.45, 7) is 3.42. The molecule has 0 radical (unpaired) electrons. The molecule has 1 N–H and O–H groups in total. The summed E-state index contributed by atoms with van der Waals surface area (Å²) < 4.78 is 1.92. The Bertz CT molecular complexity index is 1010. The van der Waals surface area contributed by atoms with Gasteiger partial charge in [0.05, 0.1) is 0 Å². The minimum atomic E-state index is -0.0683. The number of aromatic nitrogens is 4. The van der Waals surface area contributed by atoms with Gasteiger partial charge >= 0.3 is 0 Å². The Kier molecular flexibility index (Phi) is 5.69. The lowest BCUT2D eigenvalue weighted by molar-refractivity contribution is -0.120. The van der Waals surface area contributed by atoms with Gasteiger partial charge in [0.2, 0.25) is 5.91 Å². The normalized spacial score (nSPS) is 14.8. The molecule has 0 atom stereocenters. The van der Waals surface area contributed by atoms with Crippen LogP contribution in [0.5, 0.6) is 0 Å². The van der Waals surface area contributed by atoms with Crippen molar-refractivity contribution >= 4 is 40.6 Å². The van der Waals surface area contributed by atoms with E-state index in [1.165, 1.54) is 0 Å². The molecule has 1 aromatic carbocycles. The van der Waals surface area contributed by atoms with Crippen LogP contribution in [0.2, 0.25) is 10.0 Å². The second-order valence-electron chi connectivity index (χ2n) is 6.99. The summed E-state index contributed by atoms with van der Waals surface area (Å²) in [5, 5.41) is 3.91. The Morgan fingerprint density at radius 2 is 1.72 bits per heavy atom. The predicted molar refractivity (Wildman–Crippen MR) is 114 cm³/mol. The third-order valence-electron chi connectivity index (χ3n) is 5.03. The summed E-state index contributed by atoms with van der Waals surface area (Å²) in [5.41, 5.74) is 0.617. The first-order chi connectivity index (χ1) is 14.0. The van der Waals surface area contributed by atoms with Crippen molar-refractivity contribution in [3.05, 3.63) is 58.9 Å². The van der Waals surface area contributed by atoms with Crippen LogP contribution < -0.4 is 10.2 Å². The highest BCUT2D eigenvalue weighted by Gasteiger charge is 2.26. The van der Waals surface area contributed by atoms with Gasteiger partial charge in [0, 0.05) is 53.2 Å². The molecule has 0 bridgehead atoms. The van der Waals surface area contributed by atoms with E-state index < -0.39 is 0 Å². The van der Waals surface area contributed by atoms with E-state index in [1.54, 1.807) is 30.7 Å². The van der Waals surface area contributed by atoms with Crippen molar-refractivity contribution in [3.8, 4) is 5.82 Å². The Morgan fingerprint density at radius 3 is 2.38 bits per heavy atom. The molecule has 29 heavy (non-hydrogen) atoms. The predicted octanol–water partition coefficient (Wildman–Crippen LogP) is 4.13. The summed E-state index contributed by atoms with van der Waals surface area (Å²) >= 11 is 12.0. The number of carbonyl (C=O) groups is 1. The van der Waals surface area contributed by atoms with Crippen LogP contribution in [-0.4, -0.2) is 38.5 Å². The summed E-state index contributed by atoms with van der Waals surface area (Å²) in [7, 11) is 0. The fourth-order valence-electron chi connectivity index (χ4n) is 3.50.